The average molecular weight is 501 g/mol. The Bertz CT molecular complexity index is 1630. The Labute approximate surface area is 213 Å². The molecule has 1 aliphatic rings. The van der Waals surface area contributed by atoms with E-state index in [1.807, 2.05) is 6.07 Å². The third kappa shape index (κ3) is 4.06. The highest BCUT2D eigenvalue weighted by Gasteiger charge is 2.41. The number of azo groups is 1. The van der Waals surface area contributed by atoms with Crippen molar-refractivity contribution in [3.8, 4) is 22.6 Å². The van der Waals surface area contributed by atoms with Crippen molar-refractivity contribution in [2.24, 2.45) is 10.2 Å². The number of phenolic OH excluding ortho intramolecular Hbond substituents is 1. The number of carboxylic acid groups (broad SMARTS) is 1. The number of aryl methyl sites for hydroxylation is 1. The van der Waals surface area contributed by atoms with Crippen molar-refractivity contribution < 1.29 is 19.4 Å². The molecule has 37 heavy (non-hydrogen) atoms. The summed E-state index contributed by atoms with van der Waals surface area (Å²) in [4.78, 5) is 24.4. The molecular weight excluding hydrogens is 472 g/mol. The smallest absolute Gasteiger partial charge is 0.371 e. The number of aromatic hydroxyl groups is 1. The number of H-pyrrole nitrogens is 1. The zero-order valence-corrected chi connectivity index (χ0v) is 21.3. The number of carbonyl (C=O) groups is 1. The van der Waals surface area contributed by atoms with Crippen LogP contribution in [0.3, 0.4) is 0 Å². The van der Waals surface area contributed by atoms with Crippen LogP contribution >= 0.6 is 0 Å². The molecule has 2 heterocycles. The minimum absolute atomic E-state index is 0.00854. The molecule has 0 radical (unpaired) electrons. The first-order valence-corrected chi connectivity index (χ1v) is 11.9. The predicted molar refractivity (Wildman–Crippen MR) is 139 cm³/mol. The van der Waals surface area contributed by atoms with Crippen molar-refractivity contribution in [2.75, 3.05) is 0 Å². The van der Waals surface area contributed by atoms with Gasteiger partial charge in [0.25, 0.3) is 5.56 Å². The number of aromatic amines is 1. The fraction of sp³-hybridized carbons (Fsp3) is 0.286. The fourth-order valence-electron chi connectivity index (χ4n) is 5.49. The van der Waals surface area contributed by atoms with Crippen molar-refractivity contribution in [3.05, 3.63) is 81.7 Å². The Morgan fingerprint density at radius 1 is 1.05 bits per heavy atom. The van der Waals surface area contributed by atoms with Crippen LogP contribution in [0, 0.1) is 6.92 Å². The number of hydrogen-bond acceptors (Lipinski definition) is 6. The van der Waals surface area contributed by atoms with Gasteiger partial charge in [0.05, 0.1) is 17.6 Å². The molecule has 3 N–H and O–H groups in total. The average Bonchev–Trinajstić information content (AvgIpc) is 3.47. The van der Waals surface area contributed by atoms with E-state index >= 15 is 0 Å². The van der Waals surface area contributed by atoms with Gasteiger partial charge in [0.2, 0.25) is 5.76 Å². The Balaban J connectivity index is 1.50. The molecule has 9 nitrogen and oxygen atoms in total. The number of nitrogens with zero attached hydrogens (tertiary/aromatic N) is 3. The molecule has 9 heteroatoms. The number of hydrogen-bond donors (Lipinski definition) is 3. The van der Waals surface area contributed by atoms with Gasteiger partial charge < -0.3 is 14.6 Å². The molecule has 5 rings (SSSR count). The highest BCUT2D eigenvalue weighted by molar-refractivity contribution is 5.87. The lowest BCUT2D eigenvalue weighted by molar-refractivity contribution is 0.0662. The molecule has 0 fully saturated rings. The van der Waals surface area contributed by atoms with Gasteiger partial charge in [0.15, 0.2) is 11.4 Å². The summed E-state index contributed by atoms with van der Waals surface area (Å²) < 4.78 is 6.48. The van der Waals surface area contributed by atoms with Gasteiger partial charge in [-0.25, -0.2) is 9.48 Å². The van der Waals surface area contributed by atoms with Crippen molar-refractivity contribution in [1.29, 1.82) is 0 Å². The van der Waals surface area contributed by atoms with Crippen LogP contribution in [0.1, 0.15) is 61.5 Å². The number of para-hydroxylation sites is 1. The number of rotatable bonds is 5. The zero-order chi connectivity index (χ0) is 26.7. The molecule has 0 atom stereocenters. The predicted octanol–water partition coefficient (Wildman–Crippen LogP) is 6.51. The number of aromatic carboxylic acids is 1. The van der Waals surface area contributed by atoms with Crippen LogP contribution in [0.5, 0.6) is 5.75 Å². The van der Waals surface area contributed by atoms with Crippen LogP contribution in [-0.4, -0.2) is 26.0 Å². The van der Waals surface area contributed by atoms with Crippen molar-refractivity contribution in [3.63, 3.8) is 0 Å². The maximum absolute atomic E-state index is 13.3. The van der Waals surface area contributed by atoms with Crippen LogP contribution in [0.4, 0.5) is 11.4 Å². The summed E-state index contributed by atoms with van der Waals surface area (Å²) in [6, 6.07) is 12.2. The summed E-state index contributed by atoms with van der Waals surface area (Å²) in [5.74, 6) is -1.67. The lowest BCUT2D eigenvalue weighted by atomic mass is 9.82. The number of carboxylic acids is 1. The van der Waals surface area contributed by atoms with E-state index in [-0.39, 0.29) is 39.3 Å². The second kappa shape index (κ2) is 8.33. The first-order valence-electron chi connectivity index (χ1n) is 11.9. The van der Waals surface area contributed by atoms with Gasteiger partial charge in [0, 0.05) is 11.1 Å². The molecule has 4 aromatic rings. The normalized spacial score (nSPS) is 15.8. The number of furan rings is 1. The number of benzene rings is 2. The lowest BCUT2D eigenvalue weighted by Gasteiger charge is -2.22. The third-order valence-electron chi connectivity index (χ3n) is 7.04. The molecule has 0 amide bonds. The summed E-state index contributed by atoms with van der Waals surface area (Å²) in [6.07, 6.45) is 2.27. The van der Waals surface area contributed by atoms with Crippen LogP contribution in [0.15, 0.2) is 68.2 Å². The van der Waals surface area contributed by atoms with Gasteiger partial charge >= 0.3 is 5.97 Å². The van der Waals surface area contributed by atoms with Crippen LogP contribution in [0.2, 0.25) is 0 Å². The number of phenols is 1. The second-order valence-corrected chi connectivity index (χ2v) is 10.8. The second-order valence-electron chi connectivity index (χ2n) is 10.8. The highest BCUT2D eigenvalue weighted by atomic mass is 16.4. The highest BCUT2D eigenvalue weighted by Crippen LogP contribution is 2.49. The summed E-state index contributed by atoms with van der Waals surface area (Å²) >= 11 is 0. The topological polar surface area (TPSA) is 133 Å². The minimum atomic E-state index is -1.21. The van der Waals surface area contributed by atoms with Crippen LogP contribution < -0.4 is 5.56 Å². The summed E-state index contributed by atoms with van der Waals surface area (Å²) in [5, 5.41) is 31.2. The van der Waals surface area contributed by atoms with Gasteiger partial charge in [-0.15, -0.1) is 10.2 Å². The Morgan fingerprint density at radius 3 is 2.49 bits per heavy atom. The molecular formula is C28H28N4O5. The summed E-state index contributed by atoms with van der Waals surface area (Å²) in [6.45, 7) is 10.7. The molecule has 0 saturated heterocycles. The molecule has 2 aromatic heterocycles. The standard InChI is InChI=1S/C28H28N4O5/c1-15-23(30-29-21-8-6-7-18(24(21)33)16-11-22(26(35)36)37-13-16)25(34)32(31-15)17-9-10-19-20(12-17)28(4,5)14-27(19,2)3/h6-13,31,33H,14H2,1-5H3,(H,35,36). The maximum atomic E-state index is 13.3. The Kier molecular flexibility index (Phi) is 5.47. The van der Waals surface area contributed by atoms with Gasteiger partial charge in [-0.1, -0.05) is 45.9 Å². The van der Waals surface area contributed by atoms with E-state index in [1.165, 1.54) is 28.1 Å². The van der Waals surface area contributed by atoms with Crippen LogP contribution in [-0.2, 0) is 10.8 Å². The zero-order valence-electron chi connectivity index (χ0n) is 21.3. The molecule has 0 spiro atoms. The SMILES string of the molecule is Cc1[nH]n(-c2ccc3c(c2)C(C)(C)CC3(C)C)c(=O)c1N=Nc1cccc(-c2coc(C(=O)O)c2)c1O. The number of fused-ring (bicyclic) bond motifs is 1. The quantitative estimate of drug-likeness (QED) is 0.269. The van der Waals surface area contributed by atoms with E-state index in [4.69, 9.17) is 9.52 Å². The van der Waals surface area contributed by atoms with Crippen molar-refractivity contribution >= 4 is 17.3 Å². The first kappa shape index (κ1) is 24.3. The Hall–Kier alpha value is -4.40. The summed E-state index contributed by atoms with van der Waals surface area (Å²) in [5.41, 5.74) is 4.45. The van der Waals surface area contributed by atoms with Gasteiger partial charge in [-0.2, -0.15) is 0 Å². The fourth-order valence-corrected chi connectivity index (χ4v) is 5.49. The molecule has 0 saturated carbocycles. The first-order chi connectivity index (χ1) is 17.4. The van der Waals surface area contributed by atoms with Crippen molar-refractivity contribution in [1.82, 2.24) is 9.78 Å². The third-order valence-corrected chi connectivity index (χ3v) is 7.04. The largest absolute Gasteiger partial charge is 0.505 e. The summed E-state index contributed by atoms with van der Waals surface area (Å²) in [7, 11) is 0. The molecule has 0 bridgehead atoms. The minimum Gasteiger partial charge on any atom is -0.505 e. The molecule has 1 aliphatic carbocycles. The number of aromatic nitrogens is 2. The molecule has 0 aliphatic heterocycles. The van der Waals surface area contributed by atoms with Crippen molar-refractivity contribution in [2.45, 2.75) is 51.9 Å². The van der Waals surface area contributed by atoms with E-state index in [9.17, 15) is 14.7 Å². The van der Waals surface area contributed by atoms with Gasteiger partial charge in [0.1, 0.15) is 5.69 Å². The van der Waals surface area contributed by atoms with E-state index in [1.54, 1.807) is 25.1 Å². The molecule has 0 unspecified atom stereocenters. The van der Waals surface area contributed by atoms with E-state index in [2.05, 4.69) is 55.2 Å². The van der Waals surface area contributed by atoms with E-state index < -0.39 is 5.97 Å². The maximum Gasteiger partial charge on any atom is 0.371 e. The molecule has 190 valence electrons. The van der Waals surface area contributed by atoms with Gasteiger partial charge in [-0.05, 0) is 59.6 Å². The molecule has 2 aromatic carbocycles. The monoisotopic (exact) mass is 500 g/mol. The Morgan fingerprint density at radius 2 is 1.78 bits per heavy atom. The van der Waals surface area contributed by atoms with E-state index in [0.717, 1.165) is 12.1 Å². The lowest BCUT2D eigenvalue weighted by Crippen LogP contribution is -2.18. The van der Waals surface area contributed by atoms with Gasteiger partial charge in [-0.3, -0.25) is 9.89 Å². The van der Waals surface area contributed by atoms with E-state index in [0.29, 0.717) is 16.8 Å². The van der Waals surface area contributed by atoms with Crippen LogP contribution in [0.25, 0.3) is 16.8 Å². The number of nitrogens with one attached hydrogen (secondary N) is 1.